The third kappa shape index (κ3) is 8.24. The van der Waals surface area contributed by atoms with E-state index in [-0.39, 0.29) is 44.9 Å². The minimum Gasteiger partial charge on any atom is -0.166 e. The molecule has 0 aliphatic heterocycles. The van der Waals surface area contributed by atoms with Crippen LogP contribution in [0.1, 0.15) is 88.8 Å². The Bertz CT molecular complexity index is 1160. The molecule has 0 saturated heterocycles. The van der Waals surface area contributed by atoms with Crippen LogP contribution in [0.4, 0.5) is 26.3 Å². The molecule has 0 unspecified atom stereocenters. The molecule has 2 rings (SSSR count). The molecule has 2 aromatic rings. The average molecular weight is 539 g/mol. The van der Waals surface area contributed by atoms with E-state index in [0.29, 0.717) is 0 Å². The quantitative estimate of drug-likeness (QED) is 0.276. The molecule has 0 heterocycles. The second-order valence-corrected chi connectivity index (χ2v) is 11.8. The molecule has 0 aliphatic carbocycles. The number of rotatable bonds is 4. The zero-order valence-corrected chi connectivity index (χ0v) is 23.2. The summed E-state index contributed by atoms with van der Waals surface area (Å²) in [6.45, 7) is 13.9. The van der Waals surface area contributed by atoms with Crippen LogP contribution in [-0.2, 0) is 25.2 Å². The maximum atomic E-state index is 14.2. The van der Waals surface area contributed by atoms with E-state index in [1.54, 1.807) is 55.4 Å². The Kier molecular flexibility index (Phi) is 9.20. The van der Waals surface area contributed by atoms with Gasteiger partial charge in [0.2, 0.25) is 0 Å². The van der Waals surface area contributed by atoms with E-state index < -0.39 is 34.3 Å². The summed E-state index contributed by atoms with van der Waals surface area (Å²) in [5.74, 6) is 11.2. The smallest absolute Gasteiger partial charge is 0.166 e. The molecule has 0 spiro atoms. The van der Waals surface area contributed by atoms with Crippen LogP contribution in [0.3, 0.4) is 0 Å². The zero-order chi connectivity index (χ0) is 28.4. The van der Waals surface area contributed by atoms with Crippen LogP contribution >= 0.6 is 11.8 Å². The van der Waals surface area contributed by atoms with Gasteiger partial charge in [-0.25, -0.2) is 0 Å². The van der Waals surface area contributed by atoms with Crippen molar-refractivity contribution in [1.82, 2.24) is 0 Å². The van der Waals surface area contributed by atoms with E-state index in [1.807, 2.05) is 0 Å². The molecule has 2 aromatic carbocycles. The van der Waals surface area contributed by atoms with Gasteiger partial charge in [0.05, 0.1) is 22.3 Å². The lowest BCUT2D eigenvalue weighted by atomic mass is 9.94. The molecule has 0 aliphatic rings. The van der Waals surface area contributed by atoms with Crippen molar-refractivity contribution in [1.29, 1.82) is 0 Å². The fraction of sp³-hybridized carbons (Fsp3) is 0.467. The summed E-state index contributed by atoms with van der Waals surface area (Å²) in [5, 5.41) is 0. The summed E-state index contributed by atoms with van der Waals surface area (Å²) in [6.07, 6.45) is -9.09. The lowest BCUT2D eigenvalue weighted by molar-refractivity contribution is -0.139. The van der Waals surface area contributed by atoms with Crippen molar-refractivity contribution in [2.24, 2.45) is 10.8 Å². The Balaban J connectivity index is 2.95. The Labute approximate surface area is 220 Å². The maximum absolute atomic E-state index is 14.2. The summed E-state index contributed by atoms with van der Waals surface area (Å²) >= 11 is 0.836. The molecule has 200 valence electrons. The van der Waals surface area contributed by atoms with Crippen molar-refractivity contribution in [3.8, 4) is 23.7 Å². The molecule has 7 heteroatoms. The molecule has 37 heavy (non-hydrogen) atoms. The number of hydrogen-bond acceptors (Lipinski definition) is 1. The first-order valence-corrected chi connectivity index (χ1v) is 12.8. The van der Waals surface area contributed by atoms with Crippen LogP contribution in [0.5, 0.6) is 0 Å². The second-order valence-electron chi connectivity index (χ2n) is 10.8. The lowest BCUT2D eigenvalue weighted by Crippen LogP contribution is -2.14. The molecule has 0 N–H and O–H groups in total. The monoisotopic (exact) mass is 538 g/mol. The molecule has 0 aromatic heterocycles. The van der Waals surface area contributed by atoms with Crippen LogP contribution < -0.4 is 0 Å². The van der Waals surface area contributed by atoms with Gasteiger partial charge in [-0.05, 0) is 77.6 Å². The maximum Gasteiger partial charge on any atom is 0.417 e. The SMILES string of the molecule is CCc1ccc(Sc2ccc(CC)c(C(F)(F)F)c2C#CC(C)(C)C)c(C#CC(C)(C)C)c1C(F)(F)F. The van der Waals surface area contributed by atoms with Gasteiger partial charge in [0.15, 0.2) is 0 Å². The first kappa shape index (κ1) is 30.7. The second kappa shape index (κ2) is 11.1. The van der Waals surface area contributed by atoms with Gasteiger partial charge < -0.3 is 0 Å². The highest BCUT2D eigenvalue weighted by molar-refractivity contribution is 7.99. The van der Waals surface area contributed by atoms with Gasteiger partial charge >= 0.3 is 12.4 Å². The molecule has 0 amide bonds. The highest BCUT2D eigenvalue weighted by atomic mass is 32.2. The van der Waals surface area contributed by atoms with Gasteiger partial charge in [0, 0.05) is 20.6 Å². The van der Waals surface area contributed by atoms with E-state index in [2.05, 4.69) is 23.7 Å². The number of benzene rings is 2. The minimum absolute atomic E-state index is 0.0834. The number of alkyl halides is 6. The van der Waals surface area contributed by atoms with Crippen LogP contribution in [0.15, 0.2) is 34.1 Å². The predicted molar refractivity (Wildman–Crippen MR) is 138 cm³/mol. The Morgan fingerprint density at radius 2 is 0.919 bits per heavy atom. The van der Waals surface area contributed by atoms with Crippen molar-refractivity contribution >= 4 is 11.8 Å². The van der Waals surface area contributed by atoms with Gasteiger partial charge in [-0.15, -0.1) is 0 Å². The predicted octanol–water partition coefficient (Wildman–Crippen LogP) is 9.80. The van der Waals surface area contributed by atoms with Gasteiger partial charge in [-0.2, -0.15) is 26.3 Å². The third-order valence-corrected chi connectivity index (χ3v) is 6.30. The van der Waals surface area contributed by atoms with Crippen molar-refractivity contribution < 1.29 is 26.3 Å². The minimum atomic E-state index is -4.68. The Morgan fingerprint density at radius 1 is 0.595 bits per heavy atom. The normalized spacial score (nSPS) is 12.5. The molecule has 0 radical (unpaired) electrons. The van der Waals surface area contributed by atoms with Gasteiger partial charge in [0.1, 0.15) is 0 Å². The van der Waals surface area contributed by atoms with Crippen molar-refractivity contribution in [2.45, 2.75) is 90.4 Å². The average Bonchev–Trinajstić information content (AvgIpc) is 2.73. The third-order valence-electron chi connectivity index (χ3n) is 5.18. The van der Waals surface area contributed by atoms with E-state index in [4.69, 9.17) is 0 Å². The molecule has 0 atom stereocenters. The topological polar surface area (TPSA) is 0 Å². The summed E-state index contributed by atoms with van der Waals surface area (Å²) < 4.78 is 85.4. The summed E-state index contributed by atoms with van der Waals surface area (Å²) in [7, 11) is 0. The van der Waals surface area contributed by atoms with E-state index >= 15 is 0 Å². The molecular formula is C30H32F6S. The van der Waals surface area contributed by atoms with Crippen molar-refractivity contribution in [2.75, 3.05) is 0 Å². The zero-order valence-electron chi connectivity index (χ0n) is 22.4. The van der Waals surface area contributed by atoms with Crippen molar-refractivity contribution in [3.05, 3.63) is 57.6 Å². The molecule has 0 nitrogen and oxygen atoms in total. The lowest BCUT2D eigenvalue weighted by Gasteiger charge is -2.20. The van der Waals surface area contributed by atoms with E-state index in [0.717, 1.165) is 11.8 Å². The number of halogens is 6. The highest BCUT2D eigenvalue weighted by Crippen LogP contribution is 2.44. The largest absolute Gasteiger partial charge is 0.417 e. The standard InChI is InChI=1S/C30H32F6S/c1-9-19-11-13-23(21(15-17-27(3,4)5)25(19)29(31,32)33)37-24-14-12-20(10-2)26(30(34,35)36)22(24)16-18-28(6,7)8/h11-14H,9-10H2,1-8H3. The fourth-order valence-corrected chi connectivity index (χ4v) is 4.55. The van der Waals surface area contributed by atoms with Gasteiger partial charge in [-0.1, -0.05) is 61.4 Å². The Hall–Kier alpha value is -2.51. The highest BCUT2D eigenvalue weighted by Gasteiger charge is 2.38. The number of aryl methyl sites for hydroxylation is 2. The summed E-state index contributed by atoms with van der Waals surface area (Å²) in [6, 6.07) is 5.76. The number of hydrogen-bond donors (Lipinski definition) is 0. The van der Waals surface area contributed by atoms with Gasteiger partial charge in [0.25, 0.3) is 0 Å². The molecule has 0 bridgehead atoms. The van der Waals surface area contributed by atoms with Crippen LogP contribution in [-0.4, -0.2) is 0 Å². The van der Waals surface area contributed by atoms with Gasteiger partial charge in [-0.3, -0.25) is 0 Å². The van der Waals surface area contributed by atoms with Crippen LogP contribution in [0, 0.1) is 34.5 Å². The Morgan fingerprint density at radius 3 is 1.16 bits per heavy atom. The summed E-state index contributed by atoms with van der Waals surface area (Å²) in [5.41, 5.74) is -3.14. The van der Waals surface area contributed by atoms with E-state index in [9.17, 15) is 26.3 Å². The van der Waals surface area contributed by atoms with Crippen molar-refractivity contribution in [3.63, 3.8) is 0 Å². The molecule has 0 fully saturated rings. The van der Waals surface area contributed by atoms with Crippen LogP contribution in [0.25, 0.3) is 0 Å². The first-order chi connectivity index (χ1) is 16.8. The first-order valence-electron chi connectivity index (χ1n) is 12.0. The molecule has 0 saturated carbocycles. The fourth-order valence-electron chi connectivity index (χ4n) is 3.53. The van der Waals surface area contributed by atoms with E-state index in [1.165, 1.54) is 24.3 Å². The molecular weight excluding hydrogens is 506 g/mol. The summed E-state index contributed by atoms with van der Waals surface area (Å²) in [4.78, 5) is 0.273. The van der Waals surface area contributed by atoms with Crippen LogP contribution in [0.2, 0.25) is 0 Å².